The Kier molecular flexibility index (Phi) is 5.84. The molecular formula is C9H19ClOSi. The van der Waals surface area contributed by atoms with Gasteiger partial charge in [0.2, 0.25) is 0 Å². The maximum atomic E-state index is 11.3. The molecule has 12 heavy (non-hydrogen) atoms. The van der Waals surface area contributed by atoms with Crippen LogP contribution in [-0.4, -0.2) is 19.7 Å². The molecule has 0 aliphatic carbocycles. The quantitative estimate of drug-likeness (QED) is 0.370. The molecule has 0 saturated carbocycles. The molecule has 72 valence electrons. The molecule has 0 aromatic rings. The number of Topliss-reactive ketones (excluding diaryl/α,β-unsaturated/α-hetero) is 1. The van der Waals surface area contributed by atoms with Crippen LogP contribution in [0.2, 0.25) is 25.7 Å². The van der Waals surface area contributed by atoms with Gasteiger partial charge in [-0.1, -0.05) is 19.6 Å². The molecule has 0 amide bonds. The summed E-state index contributed by atoms with van der Waals surface area (Å²) in [4.78, 5) is 11.3. The number of halogens is 1. The molecule has 0 unspecified atom stereocenters. The van der Waals surface area contributed by atoms with E-state index in [1.54, 1.807) is 0 Å². The zero-order valence-corrected chi connectivity index (χ0v) is 10.1. The largest absolute Gasteiger partial charge is 0.300 e. The third-order valence-electron chi connectivity index (χ3n) is 1.57. The summed E-state index contributed by atoms with van der Waals surface area (Å²) in [7, 11) is -1.16. The minimum atomic E-state index is -1.16. The fourth-order valence-electron chi connectivity index (χ4n) is 1.10. The molecule has 3 heteroatoms. The molecule has 0 aliphatic heterocycles. The minimum Gasteiger partial charge on any atom is -0.300 e. The molecule has 0 N–H and O–H groups in total. The minimum absolute atomic E-state index is 0.430. The van der Waals surface area contributed by atoms with Crippen molar-refractivity contribution in [1.82, 2.24) is 0 Å². The number of alkyl halides is 1. The van der Waals surface area contributed by atoms with E-state index in [-0.39, 0.29) is 0 Å². The molecule has 0 saturated heterocycles. The van der Waals surface area contributed by atoms with Gasteiger partial charge in [-0.2, -0.15) is 0 Å². The van der Waals surface area contributed by atoms with Crippen LogP contribution >= 0.6 is 11.6 Å². The van der Waals surface area contributed by atoms with Gasteiger partial charge in [-0.25, -0.2) is 0 Å². The fourth-order valence-corrected chi connectivity index (χ4v) is 2.65. The lowest BCUT2D eigenvalue weighted by molar-refractivity contribution is -0.117. The summed E-state index contributed by atoms with van der Waals surface area (Å²) in [6.07, 6.45) is 2.67. The SMILES string of the molecule is C[Si](C)(C)CC(=O)CCCCCl. The molecule has 0 atom stereocenters. The summed E-state index contributed by atoms with van der Waals surface area (Å²) in [5.41, 5.74) is 0. The van der Waals surface area contributed by atoms with Gasteiger partial charge in [0, 0.05) is 18.3 Å². The molecule has 0 aliphatic rings. The molecular weight excluding hydrogens is 188 g/mol. The first-order valence-electron chi connectivity index (χ1n) is 4.53. The van der Waals surface area contributed by atoms with Crippen LogP contribution in [0, 0.1) is 0 Å². The van der Waals surface area contributed by atoms with E-state index in [0.29, 0.717) is 11.7 Å². The number of ketones is 1. The van der Waals surface area contributed by atoms with Crippen molar-refractivity contribution in [3.63, 3.8) is 0 Å². The fraction of sp³-hybridized carbons (Fsp3) is 0.889. The van der Waals surface area contributed by atoms with Crippen LogP contribution < -0.4 is 0 Å². The van der Waals surface area contributed by atoms with Crippen molar-refractivity contribution in [2.24, 2.45) is 0 Å². The van der Waals surface area contributed by atoms with Crippen LogP contribution in [0.3, 0.4) is 0 Å². The number of rotatable bonds is 6. The molecule has 0 fully saturated rings. The highest BCUT2D eigenvalue weighted by Crippen LogP contribution is 2.11. The van der Waals surface area contributed by atoms with Crippen molar-refractivity contribution >= 4 is 25.5 Å². The predicted molar refractivity (Wildman–Crippen MR) is 57.7 cm³/mol. The standard InChI is InChI=1S/C9H19ClOSi/c1-12(2,3)8-9(11)6-4-5-7-10/h4-8H2,1-3H3. The molecule has 0 rings (SSSR count). The normalized spacial score (nSPS) is 11.7. The molecule has 0 heterocycles. The monoisotopic (exact) mass is 206 g/mol. The van der Waals surface area contributed by atoms with Crippen molar-refractivity contribution in [2.75, 3.05) is 5.88 Å². The van der Waals surface area contributed by atoms with E-state index in [1.165, 1.54) is 0 Å². The van der Waals surface area contributed by atoms with Gasteiger partial charge in [0.05, 0.1) is 8.07 Å². The van der Waals surface area contributed by atoms with Gasteiger partial charge >= 0.3 is 0 Å². The Balaban J connectivity index is 3.47. The van der Waals surface area contributed by atoms with Gasteiger partial charge in [-0.05, 0) is 12.8 Å². The highest BCUT2D eigenvalue weighted by molar-refractivity contribution is 6.78. The Morgan fingerprint density at radius 1 is 1.25 bits per heavy atom. The first kappa shape index (κ1) is 12.2. The summed E-state index contributed by atoms with van der Waals surface area (Å²) in [6, 6.07) is 0.829. The van der Waals surface area contributed by atoms with Crippen LogP contribution in [0.5, 0.6) is 0 Å². The second-order valence-corrected chi connectivity index (χ2v) is 10.3. The van der Waals surface area contributed by atoms with Crippen LogP contribution in [0.4, 0.5) is 0 Å². The van der Waals surface area contributed by atoms with E-state index >= 15 is 0 Å². The Hall–Kier alpha value is 0.177. The van der Waals surface area contributed by atoms with Crippen molar-refractivity contribution < 1.29 is 4.79 Å². The first-order valence-corrected chi connectivity index (χ1v) is 8.77. The third-order valence-corrected chi connectivity index (χ3v) is 3.29. The zero-order chi connectivity index (χ0) is 9.61. The van der Waals surface area contributed by atoms with Gasteiger partial charge in [-0.3, -0.25) is 0 Å². The van der Waals surface area contributed by atoms with Gasteiger partial charge in [0.15, 0.2) is 0 Å². The van der Waals surface area contributed by atoms with Crippen molar-refractivity contribution in [2.45, 2.75) is 44.9 Å². The molecule has 0 aromatic heterocycles. The van der Waals surface area contributed by atoms with Crippen LogP contribution in [-0.2, 0) is 4.79 Å². The van der Waals surface area contributed by atoms with E-state index in [1.807, 2.05) is 0 Å². The zero-order valence-electron chi connectivity index (χ0n) is 8.32. The van der Waals surface area contributed by atoms with E-state index in [4.69, 9.17) is 11.6 Å². The Bertz CT molecular complexity index is 140. The van der Waals surface area contributed by atoms with E-state index in [9.17, 15) is 4.79 Å². The first-order chi connectivity index (χ1) is 5.45. The van der Waals surface area contributed by atoms with Crippen molar-refractivity contribution in [1.29, 1.82) is 0 Å². The van der Waals surface area contributed by atoms with Crippen LogP contribution in [0.15, 0.2) is 0 Å². The molecule has 0 radical (unpaired) electrons. The third kappa shape index (κ3) is 8.28. The van der Waals surface area contributed by atoms with Gasteiger partial charge in [0.1, 0.15) is 5.78 Å². The highest BCUT2D eigenvalue weighted by Gasteiger charge is 2.17. The van der Waals surface area contributed by atoms with Crippen LogP contribution in [0.1, 0.15) is 19.3 Å². The average molecular weight is 207 g/mol. The summed E-state index contributed by atoms with van der Waals surface area (Å²) in [5, 5.41) is 0. The lowest BCUT2D eigenvalue weighted by Crippen LogP contribution is -2.23. The molecule has 0 spiro atoms. The smallest absolute Gasteiger partial charge is 0.130 e. The van der Waals surface area contributed by atoms with Crippen molar-refractivity contribution in [3.05, 3.63) is 0 Å². The van der Waals surface area contributed by atoms with Gasteiger partial charge in [-0.15, -0.1) is 11.6 Å². The molecule has 1 nitrogen and oxygen atoms in total. The summed E-state index contributed by atoms with van der Waals surface area (Å²) >= 11 is 5.52. The van der Waals surface area contributed by atoms with Crippen molar-refractivity contribution in [3.8, 4) is 0 Å². The second-order valence-electron chi connectivity index (χ2n) is 4.42. The number of unbranched alkanes of at least 4 members (excludes halogenated alkanes) is 1. The number of hydrogen-bond donors (Lipinski definition) is 0. The van der Waals surface area contributed by atoms with Gasteiger partial charge in [0.25, 0.3) is 0 Å². The number of carbonyl (C=O) groups is 1. The summed E-state index contributed by atoms with van der Waals surface area (Å²) in [5.74, 6) is 1.11. The van der Waals surface area contributed by atoms with E-state index in [2.05, 4.69) is 19.6 Å². The van der Waals surface area contributed by atoms with Gasteiger partial charge < -0.3 is 4.79 Å². The summed E-state index contributed by atoms with van der Waals surface area (Å²) < 4.78 is 0. The Morgan fingerprint density at radius 3 is 2.25 bits per heavy atom. The van der Waals surface area contributed by atoms with Crippen LogP contribution in [0.25, 0.3) is 0 Å². The maximum absolute atomic E-state index is 11.3. The maximum Gasteiger partial charge on any atom is 0.130 e. The molecule has 0 aromatic carbocycles. The number of carbonyl (C=O) groups excluding carboxylic acids is 1. The highest BCUT2D eigenvalue weighted by atomic mass is 35.5. The van der Waals surface area contributed by atoms with E-state index in [0.717, 1.165) is 25.3 Å². The predicted octanol–water partition coefficient (Wildman–Crippen LogP) is 3.30. The van der Waals surface area contributed by atoms with E-state index < -0.39 is 8.07 Å². The Morgan fingerprint density at radius 2 is 1.83 bits per heavy atom. The topological polar surface area (TPSA) is 17.1 Å². The molecule has 0 bridgehead atoms. The second kappa shape index (κ2) is 5.76. The lowest BCUT2D eigenvalue weighted by Gasteiger charge is -2.13. The number of hydrogen-bond acceptors (Lipinski definition) is 1. The lowest BCUT2D eigenvalue weighted by atomic mass is 10.2. The summed E-state index contributed by atoms with van der Waals surface area (Å²) in [6.45, 7) is 6.69. The average Bonchev–Trinajstić information content (AvgIpc) is 1.84. The Labute approximate surface area is 81.5 Å².